The summed E-state index contributed by atoms with van der Waals surface area (Å²) in [5.41, 5.74) is 1.14. The first kappa shape index (κ1) is 15.4. The van der Waals surface area contributed by atoms with Gasteiger partial charge in [0.25, 0.3) is 0 Å². The number of carbonyl (C=O) groups is 1. The maximum absolute atomic E-state index is 13.1. The summed E-state index contributed by atoms with van der Waals surface area (Å²) >= 11 is 0. The van der Waals surface area contributed by atoms with Crippen molar-refractivity contribution < 1.29 is 4.79 Å². The molecule has 0 radical (unpaired) electrons. The molecule has 1 saturated carbocycles. The van der Waals surface area contributed by atoms with Crippen molar-refractivity contribution in [1.82, 2.24) is 9.55 Å². The second-order valence-corrected chi connectivity index (χ2v) is 7.09. The predicted octanol–water partition coefficient (Wildman–Crippen LogP) is 4.13. The monoisotopic (exact) mass is 323 g/mol. The van der Waals surface area contributed by atoms with Gasteiger partial charge in [0, 0.05) is 13.0 Å². The van der Waals surface area contributed by atoms with Gasteiger partial charge in [0.15, 0.2) is 0 Å². The van der Waals surface area contributed by atoms with Crippen LogP contribution < -0.4 is 5.32 Å². The van der Waals surface area contributed by atoms with Crippen LogP contribution in [-0.4, -0.2) is 15.5 Å². The summed E-state index contributed by atoms with van der Waals surface area (Å²) in [4.78, 5) is 17.6. The Balaban J connectivity index is 1.58. The average molecular weight is 323 g/mol. The number of nitrogens with zero attached hydrogens (tertiary/aromatic N) is 2. The Bertz CT molecular complexity index is 701. The molecule has 0 bridgehead atoms. The minimum atomic E-state index is -0.0524. The average Bonchev–Trinajstić information content (AvgIpc) is 3.27. The molecule has 1 atom stereocenters. The van der Waals surface area contributed by atoms with E-state index in [9.17, 15) is 4.79 Å². The van der Waals surface area contributed by atoms with E-state index in [1.807, 2.05) is 24.4 Å². The fourth-order valence-corrected chi connectivity index (χ4v) is 4.31. The standard InChI is InChI=1S/C20H25N3O/c24-20(22-18-14-21-17-12-6-7-13-23(17)18)19(16-10-4-5-11-16)15-8-2-1-3-9-15/h1-3,8-9,14,16,19H,4-7,10-13H2,(H,22,24)/t19-/m1/s1. The number of hydrogen-bond acceptors (Lipinski definition) is 2. The number of benzene rings is 1. The molecule has 2 aliphatic rings. The Morgan fingerprint density at radius 3 is 2.71 bits per heavy atom. The van der Waals surface area contributed by atoms with Crippen LogP contribution in [-0.2, 0) is 17.8 Å². The van der Waals surface area contributed by atoms with Crippen LogP contribution in [0.3, 0.4) is 0 Å². The molecule has 4 heteroatoms. The van der Waals surface area contributed by atoms with Crippen LogP contribution in [0.4, 0.5) is 5.82 Å². The van der Waals surface area contributed by atoms with E-state index in [-0.39, 0.29) is 11.8 Å². The molecule has 4 nitrogen and oxygen atoms in total. The Kier molecular flexibility index (Phi) is 4.37. The van der Waals surface area contributed by atoms with E-state index in [1.54, 1.807) is 0 Å². The molecule has 1 amide bonds. The van der Waals surface area contributed by atoms with Crippen molar-refractivity contribution >= 4 is 11.7 Å². The molecule has 24 heavy (non-hydrogen) atoms. The molecule has 2 heterocycles. The van der Waals surface area contributed by atoms with Crippen LogP contribution in [0.2, 0.25) is 0 Å². The minimum absolute atomic E-state index is 0.0524. The third-order valence-electron chi connectivity index (χ3n) is 5.53. The highest BCUT2D eigenvalue weighted by Crippen LogP contribution is 2.38. The van der Waals surface area contributed by atoms with Gasteiger partial charge in [-0.25, -0.2) is 4.98 Å². The van der Waals surface area contributed by atoms with Crippen LogP contribution in [0.5, 0.6) is 0 Å². The molecule has 0 spiro atoms. The van der Waals surface area contributed by atoms with E-state index < -0.39 is 0 Å². The largest absolute Gasteiger partial charge is 0.315 e. The normalized spacial score (nSPS) is 19.0. The maximum Gasteiger partial charge on any atom is 0.233 e. The van der Waals surface area contributed by atoms with E-state index in [0.29, 0.717) is 5.92 Å². The van der Waals surface area contributed by atoms with E-state index in [1.165, 1.54) is 19.3 Å². The lowest BCUT2D eigenvalue weighted by Crippen LogP contribution is -2.28. The van der Waals surface area contributed by atoms with Gasteiger partial charge in [-0.2, -0.15) is 0 Å². The molecule has 2 aromatic rings. The lowest BCUT2D eigenvalue weighted by molar-refractivity contribution is -0.118. The highest BCUT2D eigenvalue weighted by Gasteiger charge is 2.32. The number of aryl methyl sites for hydroxylation is 1. The van der Waals surface area contributed by atoms with Crippen LogP contribution in [0.25, 0.3) is 0 Å². The Hall–Kier alpha value is -2.10. The second-order valence-electron chi connectivity index (χ2n) is 7.09. The van der Waals surface area contributed by atoms with Gasteiger partial charge in [0.05, 0.1) is 12.1 Å². The number of nitrogens with one attached hydrogen (secondary N) is 1. The number of rotatable bonds is 4. The minimum Gasteiger partial charge on any atom is -0.315 e. The van der Waals surface area contributed by atoms with Crippen molar-refractivity contribution in [1.29, 1.82) is 0 Å². The van der Waals surface area contributed by atoms with Crippen molar-refractivity contribution in [2.45, 2.75) is 57.4 Å². The van der Waals surface area contributed by atoms with E-state index in [0.717, 1.165) is 49.4 Å². The SMILES string of the molecule is O=C(Nc1cnc2n1CCCC2)[C@H](c1ccccc1)C1CCCC1. The lowest BCUT2D eigenvalue weighted by atomic mass is 9.84. The molecule has 1 fully saturated rings. The van der Waals surface area contributed by atoms with Crippen molar-refractivity contribution in [2.75, 3.05) is 5.32 Å². The summed E-state index contributed by atoms with van der Waals surface area (Å²) in [6, 6.07) is 10.3. The van der Waals surface area contributed by atoms with Gasteiger partial charge >= 0.3 is 0 Å². The Morgan fingerprint density at radius 1 is 1.12 bits per heavy atom. The predicted molar refractivity (Wildman–Crippen MR) is 94.9 cm³/mol. The number of anilines is 1. The summed E-state index contributed by atoms with van der Waals surface area (Å²) in [5.74, 6) is 2.50. The molecular weight excluding hydrogens is 298 g/mol. The van der Waals surface area contributed by atoms with Crippen LogP contribution in [0.15, 0.2) is 36.5 Å². The first-order chi connectivity index (χ1) is 11.8. The first-order valence-electron chi connectivity index (χ1n) is 9.23. The van der Waals surface area contributed by atoms with Crippen molar-refractivity contribution in [3.63, 3.8) is 0 Å². The quantitative estimate of drug-likeness (QED) is 0.919. The Morgan fingerprint density at radius 2 is 1.92 bits per heavy atom. The molecule has 126 valence electrons. The van der Waals surface area contributed by atoms with Crippen LogP contribution in [0.1, 0.15) is 55.8 Å². The van der Waals surface area contributed by atoms with Crippen molar-refractivity contribution in [3.8, 4) is 0 Å². The zero-order chi connectivity index (χ0) is 16.4. The van der Waals surface area contributed by atoms with Gasteiger partial charge < -0.3 is 9.88 Å². The number of fused-ring (bicyclic) bond motifs is 1. The zero-order valence-electron chi connectivity index (χ0n) is 14.1. The third-order valence-corrected chi connectivity index (χ3v) is 5.53. The van der Waals surface area contributed by atoms with Gasteiger partial charge in [0.2, 0.25) is 5.91 Å². The molecule has 1 N–H and O–H groups in total. The Labute approximate surface area is 143 Å². The second kappa shape index (κ2) is 6.80. The summed E-state index contributed by atoms with van der Waals surface area (Å²) < 4.78 is 2.18. The molecule has 1 aliphatic carbocycles. The van der Waals surface area contributed by atoms with Gasteiger partial charge in [-0.15, -0.1) is 0 Å². The molecule has 1 aromatic carbocycles. The zero-order valence-corrected chi connectivity index (χ0v) is 14.1. The van der Waals surface area contributed by atoms with E-state index in [4.69, 9.17) is 0 Å². The van der Waals surface area contributed by atoms with Gasteiger partial charge in [-0.05, 0) is 37.2 Å². The van der Waals surface area contributed by atoms with Crippen LogP contribution >= 0.6 is 0 Å². The summed E-state index contributed by atoms with van der Waals surface area (Å²) in [5, 5.41) is 3.19. The number of hydrogen-bond donors (Lipinski definition) is 1. The highest BCUT2D eigenvalue weighted by atomic mass is 16.2. The number of imidazole rings is 1. The fourth-order valence-electron chi connectivity index (χ4n) is 4.31. The fraction of sp³-hybridized carbons (Fsp3) is 0.500. The lowest BCUT2D eigenvalue weighted by Gasteiger charge is -2.24. The summed E-state index contributed by atoms with van der Waals surface area (Å²) in [6.45, 7) is 0.963. The van der Waals surface area contributed by atoms with E-state index >= 15 is 0 Å². The van der Waals surface area contributed by atoms with Gasteiger partial charge in [-0.1, -0.05) is 43.2 Å². The third kappa shape index (κ3) is 2.97. The smallest absolute Gasteiger partial charge is 0.233 e. The topological polar surface area (TPSA) is 46.9 Å². The van der Waals surface area contributed by atoms with Crippen molar-refractivity contribution in [2.24, 2.45) is 5.92 Å². The highest BCUT2D eigenvalue weighted by molar-refractivity contribution is 5.95. The first-order valence-corrected chi connectivity index (χ1v) is 9.23. The summed E-state index contributed by atoms with van der Waals surface area (Å²) in [6.07, 6.45) is 9.98. The molecule has 1 aliphatic heterocycles. The molecule has 0 unspecified atom stereocenters. The maximum atomic E-state index is 13.1. The van der Waals surface area contributed by atoms with Gasteiger partial charge in [-0.3, -0.25) is 4.79 Å². The summed E-state index contributed by atoms with van der Waals surface area (Å²) in [7, 11) is 0. The van der Waals surface area contributed by atoms with Crippen LogP contribution in [0, 0.1) is 5.92 Å². The van der Waals surface area contributed by atoms with Crippen molar-refractivity contribution in [3.05, 3.63) is 47.9 Å². The number of amides is 1. The number of aromatic nitrogens is 2. The van der Waals surface area contributed by atoms with Gasteiger partial charge in [0.1, 0.15) is 11.6 Å². The molecule has 0 saturated heterocycles. The molecule has 1 aromatic heterocycles. The molecular formula is C20H25N3O. The van der Waals surface area contributed by atoms with E-state index in [2.05, 4.69) is 27.0 Å². The number of carbonyl (C=O) groups excluding carboxylic acids is 1. The molecule has 4 rings (SSSR count).